The average molecular weight is 395 g/mol. The zero-order valence-corrected chi connectivity index (χ0v) is 16.3. The fraction of sp³-hybridized carbons (Fsp3) is 0.667. The average Bonchev–Trinajstić information content (AvgIpc) is 3.50. The van der Waals surface area contributed by atoms with Crippen LogP contribution in [0.3, 0.4) is 0 Å². The SMILES string of the molecule is CC(F)(F)COc1cc(CNC(NC23CCC(F)(CC2)CC3)=C2CC2)ccn1. The molecule has 0 aromatic carbocycles. The number of nitrogens with zero attached hydrogens (tertiary/aromatic N) is 1. The van der Waals surface area contributed by atoms with Crippen LogP contribution in [0.5, 0.6) is 5.88 Å². The number of allylic oxidation sites excluding steroid dienone is 1. The minimum absolute atomic E-state index is 0.00495. The van der Waals surface area contributed by atoms with Gasteiger partial charge in [0.25, 0.3) is 5.92 Å². The number of hydrogen-bond donors (Lipinski definition) is 2. The summed E-state index contributed by atoms with van der Waals surface area (Å²) in [6, 6.07) is 3.53. The summed E-state index contributed by atoms with van der Waals surface area (Å²) in [5, 5.41) is 7.20. The van der Waals surface area contributed by atoms with E-state index in [-0.39, 0.29) is 11.4 Å². The number of rotatable bonds is 8. The summed E-state index contributed by atoms with van der Waals surface area (Å²) in [5.41, 5.74) is 1.35. The zero-order chi connectivity index (χ0) is 19.8. The minimum atomic E-state index is -2.89. The predicted molar refractivity (Wildman–Crippen MR) is 101 cm³/mol. The highest BCUT2D eigenvalue weighted by Crippen LogP contribution is 2.49. The first-order valence-electron chi connectivity index (χ1n) is 10.1. The van der Waals surface area contributed by atoms with Gasteiger partial charge >= 0.3 is 0 Å². The van der Waals surface area contributed by atoms with Crippen LogP contribution in [0.4, 0.5) is 13.2 Å². The molecule has 1 heterocycles. The number of alkyl halides is 3. The summed E-state index contributed by atoms with van der Waals surface area (Å²) < 4.78 is 45.5. The van der Waals surface area contributed by atoms with Gasteiger partial charge in [0.2, 0.25) is 5.88 Å². The number of nitrogens with one attached hydrogen (secondary N) is 2. The van der Waals surface area contributed by atoms with Crippen molar-refractivity contribution in [3.63, 3.8) is 0 Å². The lowest BCUT2D eigenvalue weighted by atomic mass is 9.64. The molecule has 0 amide bonds. The second-order valence-corrected chi connectivity index (χ2v) is 8.75. The Morgan fingerprint density at radius 2 is 1.86 bits per heavy atom. The van der Waals surface area contributed by atoms with Crippen LogP contribution < -0.4 is 15.4 Å². The molecule has 0 atom stereocenters. The maximum absolute atomic E-state index is 14.4. The zero-order valence-electron chi connectivity index (χ0n) is 16.3. The molecule has 154 valence electrons. The first kappa shape index (κ1) is 19.4. The maximum Gasteiger partial charge on any atom is 0.278 e. The van der Waals surface area contributed by atoms with Gasteiger partial charge in [-0.2, -0.15) is 0 Å². The molecule has 0 radical (unpaired) electrons. The van der Waals surface area contributed by atoms with Crippen LogP contribution in [0.2, 0.25) is 0 Å². The van der Waals surface area contributed by atoms with Crippen LogP contribution in [0.1, 0.15) is 63.9 Å². The second-order valence-electron chi connectivity index (χ2n) is 8.75. The second kappa shape index (κ2) is 7.16. The van der Waals surface area contributed by atoms with Gasteiger partial charge in [-0.3, -0.25) is 0 Å². The molecular formula is C21H28F3N3O. The van der Waals surface area contributed by atoms with E-state index in [4.69, 9.17) is 4.74 Å². The molecule has 4 nitrogen and oxygen atoms in total. The fourth-order valence-corrected chi connectivity index (χ4v) is 4.19. The van der Waals surface area contributed by atoms with Gasteiger partial charge in [0.1, 0.15) is 5.67 Å². The number of halogens is 3. The van der Waals surface area contributed by atoms with Gasteiger partial charge in [-0.1, -0.05) is 0 Å². The van der Waals surface area contributed by atoms with Crippen molar-refractivity contribution in [3.8, 4) is 5.88 Å². The van der Waals surface area contributed by atoms with E-state index in [0.29, 0.717) is 25.8 Å². The van der Waals surface area contributed by atoms with Crippen molar-refractivity contribution in [3.05, 3.63) is 35.3 Å². The Hall–Kier alpha value is -1.92. The monoisotopic (exact) mass is 395 g/mol. The van der Waals surface area contributed by atoms with Crippen LogP contribution in [0.25, 0.3) is 0 Å². The lowest BCUT2D eigenvalue weighted by Crippen LogP contribution is -2.56. The summed E-state index contributed by atoms with van der Waals surface area (Å²) >= 11 is 0. The summed E-state index contributed by atoms with van der Waals surface area (Å²) in [7, 11) is 0. The molecule has 1 aromatic heterocycles. The molecule has 4 fully saturated rings. The summed E-state index contributed by atoms with van der Waals surface area (Å²) in [5.74, 6) is -1.63. The van der Waals surface area contributed by atoms with E-state index in [1.54, 1.807) is 12.3 Å². The predicted octanol–water partition coefficient (Wildman–Crippen LogP) is 4.62. The summed E-state index contributed by atoms with van der Waals surface area (Å²) in [6.07, 6.45) is 8.30. The third kappa shape index (κ3) is 4.73. The molecule has 0 aliphatic heterocycles. The van der Waals surface area contributed by atoms with Crippen molar-refractivity contribution in [1.82, 2.24) is 15.6 Å². The number of pyridine rings is 1. The first-order chi connectivity index (χ1) is 13.2. The molecule has 2 bridgehead atoms. The molecule has 5 rings (SSSR count). The molecule has 4 saturated carbocycles. The molecule has 0 unspecified atom stereocenters. The van der Waals surface area contributed by atoms with Crippen LogP contribution in [0, 0.1) is 0 Å². The summed E-state index contributed by atoms with van der Waals surface area (Å²) in [4.78, 5) is 4.00. The van der Waals surface area contributed by atoms with Gasteiger partial charge in [-0.25, -0.2) is 18.2 Å². The lowest BCUT2D eigenvalue weighted by molar-refractivity contribution is -0.0242. The molecule has 2 N–H and O–H groups in total. The Labute approximate surface area is 163 Å². The van der Waals surface area contributed by atoms with Crippen molar-refractivity contribution >= 4 is 0 Å². The molecule has 4 aliphatic rings. The minimum Gasteiger partial charge on any atom is -0.471 e. The van der Waals surface area contributed by atoms with Crippen molar-refractivity contribution in [2.45, 2.75) is 82.0 Å². The highest BCUT2D eigenvalue weighted by Gasteiger charge is 2.49. The van der Waals surface area contributed by atoms with Gasteiger partial charge in [0, 0.05) is 31.3 Å². The van der Waals surface area contributed by atoms with E-state index >= 15 is 0 Å². The Morgan fingerprint density at radius 3 is 2.46 bits per heavy atom. The van der Waals surface area contributed by atoms with Crippen LogP contribution in [-0.2, 0) is 6.54 Å². The Balaban J connectivity index is 1.36. The van der Waals surface area contributed by atoms with E-state index < -0.39 is 18.2 Å². The number of hydrogen-bond acceptors (Lipinski definition) is 4. The maximum atomic E-state index is 14.4. The largest absolute Gasteiger partial charge is 0.471 e. The summed E-state index contributed by atoms with van der Waals surface area (Å²) in [6.45, 7) is 0.684. The molecule has 1 aromatic rings. The number of ether oxygens (including phenoxy) is 1. The van der Waals surface area contributed by atoms with Gasteiger partial charge in [0.05, 0.1) is 5.82 Å². The topological polar surface area (TPSA) is 46.2 Å². The van der Waals surface area contributed by atoms with E-state index in [2.05, 4.69) is 15.6 Å². The van der Waals surface area contributed by atoms with Gasteiger partial charge in [-0.05, 0) is 68.6 Å². The van der Waals surface area contributed by atoms with Crippen LogP contribution in [0.15, 0.2) is 29.7 Å². The van der Waals surface area contributed by atoms with E-state index in [1.807, 2.05) is 6.07 Å². The van der Waals surface area contributed by atoms with Crippen LogP contribution in [-0.4, -0.2) is 28.7 Å². The van der Waals surface area contributed by atoms with Crippen molar-refractivity contribution in [2.24, 2.45) is 0 Å². The fourth-order valence-electron chi connectivity index (χ4n) is 4.19. The third-order valence-corrected chi connectivity index (χ3v) is 6.14. The Morgan fingerprint density at radius 1 is 1.18 bits per heavy atom. The smallest absolute Gasteiger partial charge is 0.278 e. The molecular weight excluding hydrogens is 367 g/mol. The van der Waals surface area contributed by atoms with Gasteiger partial charge < -0.3 is 15.4 Å². The molecule has 7 heteroatoms. The van der Waals surface area contributed by atoms with Crippen molar-refractivity contribution in [1.29, 1.82) is 0 Å². The highest BCUT2D eigenvalue weighted by atomic mass is 19.3. The molecule has 4 aliphatic carbocycles. The van der Waals surface area contributed by atoms with Gasteiger partial charge in [-0.15, -0.1) is 0 Å². The van der Waals surface area contributed by atoms with Gasteiger partial charge in [0.15, 0.2) is 6.61 Å². The third-order valence-electron chi connectivity index (χ3n) is 6.14. The number of aromatic nitrogens is 1. The molecule has 0 spiro atoms. The van der Waals surface area contributed by atoms with E-state index in [9.17, 15) is 13.2 Å². The quantitative estimate of drug-likeness (QED) is 0.675. The molecule has 28 heavy (non-hydrogen) atoms. The first-order valence-corrected chi connectivity index (χ1v) is 10.1. The Bertz CT molecular complexity index is 729. The normalized spacial score (nSPS) is 28.8. The van der Waals surface area contributed by atoms with Crippen molar-refractivity contribution in [2.75, 3.05) is 6.61 Å². The standard InChI is InChI=1S/C21H28F3N3O/c1-19(22,23)14-28-17-12-15(4-11-25-17)13-26-18(16-2-3-16)27-21-8-5-20(24,6-9-21)7-10-21/h4,11-12,26-27H,2-3,5-10,13-14H2,1H3. The van der Waals surface area contributed by atoms with E-state index in [1.165, 1.54) is 5.57 Å². The highest BCUT2D eigenvalue weighted by molar-refractivity contribution is 5.27. The Kier molecular flexibility index (Phi) is 4.96. The van der Waals surface area contributed by atoms with E-state index in [0.717, 1.165) is 50.4 Å². The lowest BCUT2D eigenvalue weighted by Gasteiger charge is -2.50. The van der Waals surface area contributed by atoms with Crippen molar-refractivity contribution < 1.29 is 17.9 Å². The number of fused-ring (bicyclic) bond motifs is 3. The molecule has 0 saturated heterocycles. The van der Waals surface area contributed by atoms with Crippen LogP contribution >= 0.6 is 0 Å².